The van der Waals surface area contributed by atoms with Crippen LogP contribution >= 0.6 is 0 Å². The van der Waals surface area contributed by atoms with Gasteiger partial charge in [-0.25, -0.2) is 5.06 Å². The zero-order valence-electron chi connectivity index (χ0n) is 15.5. The van der Waals surface area contributed by atoms with Crippen LogP contribution in [0.15, 0.2) is 54.6 Å². The van der Waals surface area contributed by atoms with Gasteiger partial charge in [-0.1, -0.05) is 30.3 Å². The van der Waals surface area contributed by atoms with Crippen LogP contribution in [0.4, 0.5) is 5.69 Å². The molecule has 0 aliphatic carbocycles. The van der Waals surface area contributed by atoms with E-state index >= 15 is 0 Å². The lowest BCUT2D eigenvalue weighted by Gasteiger charge is -2.29. The molecular formula is C21H22N2O4. The van der Waals surface area contributed by atoms with Gasteiger partial charge in [0, 0.05) is 6.04 Å². The van der Waals surface area contributed by atoms with Gasteiger partial charge in [-0.3, -0.25) is 19.3 Å². The van der Waals surface area contributed by atoms with Crippen molar-refractivity contribution in [3.8, 4) is 5.75 Å². The van der Waals surface area contributed by atoms with Crippen LogP contribution in [0, 0.1) is 5.92 Å². The van der Waals surface area contributed by atoms with E-state index in [9.17, 15) is 9.59 Å². The van der Waals surface area contributed by atoms with Gasteiger partial charge in [0.05, 0.1) is 18.8 Å². The minimum Gasteiger partial charge on any atom is -0.497 e. The number of fused-ring (bicyclic) bond motifs is 1. The standard InChI is InChI=1S/C21H22N2O4/c1-13(2)22-20(24)17-18(14-9-11-16(26-3)12-10-14)23(27-19(17)21(22)25)15-7-5-4-6-8-15/h4-13,17-19H,1-3H3. The third-order valence-electron chi connectivity index (χ3n) is 5.13. The van der Waals surface area contributed by atoms with E-state index in [0.717, 1.165) is 17.0 Å². The number of carbonyl (C=O) groups excluding carboxylic acids is 2. The van der Waals surface area contributed by atoms with Crippen LogP contribution in [0.2, 0.25) is 0 Å². The normalized spacial score (nSPS) is 24.7. The maximum atomic E-state index is 13.1. The van der Waals surface area contributed by atoms with Gasteiger partial charge >= 0.3 is 0 Å². The van der Waals surface area contributed by atoms with E-state index in [1.165, 1.54) is 4.90 Å². The second kappa shape index (κ2) is 6.70. The number of rotatable bonds is 4. The minimum absolute atomic E-state index is 0.181. The second-order valence-corrected chi connectivity index (χ2v) is 7.07. The fourth-order valence-electron chi connectivity index (χ4n) is 3.88. The summed E-state index contributed by atoms with van der Waals surface area (Å²) in [6, 6.07) is 16.5. The monoisotopic (exact) mass is 366 g/mol. The minimum atomic E-state index is -0.799. The highest BCUT2D eigenvalue weighted by atomic mass is 16.7. The molecule has 6 nitrogen and oxygen atoms in total. The molecule has 0 radical (unpaired) electrons. The van der Waals surface area contributed by atoms with Gasteiger partial charge < -0.3 is 4.74 Å². The molecular weight excluding hydrogens is 344 g/mol. The van der Waals surface area contributed by atoms with Gasteiger partial charge in [0.15, 0.2) is 6.10 Å². The zero-order valence-corrected chi connectivity index (χ0v) is 15.5. The Morgan fingerprint density at radius 3 is 2.22 bits per heavy atom. The number of nitrogens with zero attached hydrogens (tertiary/aromatic N) is 2. The lowest BCUT2D eigenvalue weighted by molar-refractivity contribution is -0.145. The number of imide groups is 1. The number of amides is 2. The number of likely N-dealkylation sites (tertiary alicyclic amines) is 1. The van der Waals surface area contributed by atoms with Crippen molar-refractivity contribution in [1.29, 1.82) is 0 Å². The predicted octanol–water partition coefficient (Wildman–Crippen LogP) is 2.95. The molecule has 0 aromatic heterocycles. The van der Waals surface area contributed by atoms with Crippen molar-refractivity contribution in [2.75, 3.05) is 12.2 Å². The molecule has 0 bridgehead atoms. The number of methoxy groups -OCH3 is 1. The highest BCUT2D eigenvalue weighted by Crippen LogP contribution is 2.47. The van der Waals surface area contributed by atoms with Crippen molar-refractivity contribution in [2.45, 2.75) is 32.0 Å². The molecule has 2 aromatic rings. The Hall–Kier alpha value is -2.86. The zero-order chi connectivity index (χ0) is 19.1. The Kier molecular flexibility index (Phi) is 4.36. The number of benzene rings is 2. The van der Waals surface area contributed by atoms with Gasteiger partial charge in [-0.15, -0.1) is 0 Å². The first kappa shape index (κ1) is 17.5. The number of hydrogen-bond donors (Lipinski definition) is 0. The molecule has 140 valence electrons. The lowest BCUT2D eigenvalue weighted by Crippen LogP contribution is -2.41. The maximum Gasteiger partial charge on any atom is 0.262 e. The molecule has 27 heavy (non-hydrogen) atoms. The van der Waals surface area contributed by atoms with Crippen molar-refractivity contribution in [2.24, 2.45) is 5.92 Å². The molecule has 2 aromatic carbocycles. The van der Waals surface area contributed by atoms with E-state index in [2.05, 4.69) is 0 Å². The van der Waals surface area contributed by atoms with Crippen LogP contribution in [0.25, 0.3) is 0 Å². The molecule has 6 heteroatoms. The number of carbonyl (C=O) groups is 2. The third kappa shape index (κ3) is 2.77. The van der Waals surface area contributed by atoms with Crippen LogP contribution in [0.5, 0.6) is 5.75 Å². The summed E-state index contributed by atoms with van der Waals surface area (Å²) < 4.78 is 5.24. The summed E-state index contributed by atoms with van der Waals surface area (Å²) in [5.41, 5.74) is 1.71. The first-order chi connectivity index (χ1) is 13.0. The molecule has 0 spiro atoms. The first-order valence-corrected chi connectivity index (χ1v) is 9.05. The second-order valence-electron chi connectivity index (χ2n) is 7.07. The Labute approximate surface area is 158 Å². The molecule has 3 atom stereocenters. The van der Waals surface area contributed by atoms with Crippen LogP contribution in [0.3, 0.4) is 0 Å². The lowest BCUT2D eigenvalue weighted by atomic mass is 9.90. The molecule has 2 saturated heterocycles. The van der Waals surface area contributed by atoms with Gasteiger partial charge in [0.1, 0.15) is 11.7 Å². The average Bonchev–Trinajstić information content (AvgIpc) is 3.19. The highest BCUT2D eigenvalue weighted by Gasteiger charge is 2.60. The molecule has 2 aliphatic rings. The molecule has 4 rings (SSSR count). The average molecular weight is 366 g/mol. The van der Waals surface area contributed by atoms with Gasteiger partial charge in [-0.05, 0) is 43.7 Å². The van der Waals surface area contributed by atoms with E-state index in [-0.39, 0.29) is 23.9 Å². The summed E-state index contributed by atoms with van der Waals surface area (Å²) in [6.07, 6.45) is -0.799. The van der Waals surface area contributed by atoms with E-state index in [4.69, 9.17) is 9.57 Å². The summed E-state index contributed by atoms with van der Waals surface area (Å²) in [6.45, 7) is 3.68. The summed E-state index contributed by atoms with van der Waals surface area (Å²) in [4.78, 5) is 33.3. The largest absolute Gasteiger partial charge is 0.497 e. The maximum absolute atomic E-state index is 13.1. The molecule has 2 fully saturated rings. The van der Waals surface area contributed by atoms with Crippen LogP contribution < -0.4 is 9.80 Å². The van der Waals surface area contributed by atoms with E-state index in [0.29, 0.717) is 0 Å². The van der Waals surface area contributed by atoms with E-state index in [1.807, 2.05) is 68.4 Å². The fourth-order valence-corrected chi connectivity index (χ4v) is 3.88. The van der Waals surface area contributed by atoms with E-state index < -0.39 is 12.0 Å². The number of hydrogen-bond acceptors (Lipinski definition) is 5. The van der Waals surface area contributed by atoms with Gasteiger partial charge in [-0.2, -0.15) is 0 Å². The molecule has 2 aliphatic heterocycles. The topological polar surface area (TPSA) is 59.1 Å². The molecule has 0 saturated carbocycles. The van der Waals surface area contributed by atoms with Crippen LogP contribution in [0.1, 0.15) is 25.5 Å². The molecule has 0 N–H and O–H groups in total. The predicted molar refractivity (Wildman–Crippen MR) is 100 cm³/mol. The van der Waals surface area contributed by atoms with Gasteiger partial charge in [0.2, 0.25) is 5.91 Å². The van der Waals surface area contributed by atoms with Crippen molar-refractivity contribution < 1.29 is 19.2 Å². The SMILES string of the molecule is COc1ccc(C2C3C(=O)N(C(C)C)C(=O)C3ON2c2ccccc2)cc1. The van der Waals surface area contributed by atoms with Crippen LogP contribution in [-0.4, -0.2) is 36.0 Å². The fraction of sp³-hybridized carbons (Fsp3) is 0.333. The first-order valence-electron chi connectivity index (χ1n) is 9.05. The highest BCUT2D eigenvalue weighted by molar-refractivity contribution is 6.08. The van der Waals surface area contributed by atoms with Gasteiger partial charge in [0.25, 0.3) is 5.91 Å². The summed E-state index contributed by atoms with van der Waals surface area (Å²) in [5, 5.41) is 1.70. The quantitative estimate of drug-likeness (QED) is 0.779. The molecule has 3 unspecified atom stereocenters. The Bertz CT molecular complexity index is 850. The van der Waals surface area contributed by atoms with Crippen LogP contribution in [-0.2, 0) is 14.4 Å². The number of ether oxygens (including phenoxy) is 1. The Balaban J connectivity index is 1.78. The number of para-hydroxylation sites is 1. The number of anilines is 1. The molecule has 2 heterocycles. The third-order valence-corrected chi connectivity index (χ3v) is 5.13. The molecule has 2 amide bonds. The summed E-state index contributed by atoms with van der Waals surface area (Å²) in [7, 11) is 1.61. The Morgan fingerprint density at radius 1 is 0.963 bits per heavy atom. The smallest absolute Gasteiger partial charge is 0.262 e. The van der Waals surface area contributed by atoms with Crippen molar-refractivity contribution >= 4 is 17.5 Å². The number of hydroxylamine groups is 1. The van der Waals surface area contributed by atoms with Crippen molar-refractivity contribution in [3.63, 3.8) is 0 Å². The Morgan fingerprint density at radius 2 is 1.63 bits per heavy atom. The summed E-state index contributed by atoms with van der Waals surface area (Å²) >= 11 is 0. The van der Waals surface area contributed by atoms with Crippen molar-refractivity contribution in [3.05, 3.63) is 60.2 Å². The van der Waals surface area contributed by atoms with Crippen molar-refractivity contribution in [1.82, 2.24) is 4.90 Å². The summed E-state index contributed by atoms with van der Waals surface area (Å²) in [5.74, 6) is -0.289. The van der Waals surface area contributed by atoms with E-state index in [1.54, 1.807) is 12.2 Å².